The summed E-state index contributed by atoms with van der Waals surface area (Å²) in [5, 5.41) is 0.162. The number of nitrogens with two attached hydrogens (primary N) is 1. The van der Waals surface area contributed by atoms with Crippen LogP contribution in [0.4, 0.5) is 5.95 Å². The molecule has 2 atom stereocenters. The maximum Gasteiger partial charge on any atom is 0.351 e. The van der Waals surface area contributed by atoms with Gasteiger partial charge in [0.1, 0.15) is 11.9 Å². The van der Waals surface area contributed by atoms with Gasteiger partial charge in [-0.05, 0) is 12.3 Å². The average Bonchev–Trinajstić information content (AvgIpc) is 2.83. The Hall–Kier alpha value is -1.25. The van der Waals surface area contributed by atoms with E-state index in [2.05, 4.69) is 15.0 Å². The van der Waals surface area contributed by atoms with E-state index in [1.807, 2.05) is 6.92 Å². The molecule has 1 aliphatic carbocycles. The topological polar surface area (TPSA) is 136 Å². The normalized spacial score (nSPS) is 24.8. The zero-order valence-electron chi connectivity index (χ0n) is 11.7. The third kappa shape index (κ3) is 2.95. The molecule has 22 heavy (non-hydrogen) atoms. The van der Waals surface area contributed by atoms with Crippen molar-refractivity contribution in [2.24, 2.45) is 5.92 Å². The molecule has 0 spiro atoms. The first-order valence-corrected chi connectivity index (χ1v) is 8.70. The second kappa shape index (κ2) is 5.14. The molecule has 0 aliphatic heterocycles. The quantitative estimate of drug-likeness (QED) is 0.538. The van der Waals surface area contributed by atoms with Gasteiger partial charge < -0.3 is 24.8 Å². The van der Waals surface area contributed by atoms with Gasteiger partial charge in [0.2, 0.25) is 5.95 Å². The van der Waals surface area contributed by atoms with Gasteiger partial charge in [-0.1, -0.05) is 18.5 Å². The number of halogens is 1. The summed E-state index contributed by atoms with van der Waals surface area (Å²) in [5.41, 5.74) is 5.85. The van der Waals surface area contributed by atoms with E-state index in [-0.39, 0.29) is 17.0 Å². The van der Waals surface area contributed by atoms with E-state index >= 15 is 0 Å². The van der Waals surface area contributed by atoms with Crippen molar-refractivity contribution < 1.29 is 19.1 Å². The summed E-state index contributed by atoms with van der Waals surface area (Å²) in [6.45, 7) is 2.31. The summed E-state index contributed by atoms with van der Waals surface area (Å²) in [4.78, 5) is 30.1. The fraction of sp³-hybridized carbons (Fsp3) is 0.545. The van der Waals surface area contributed by atoms with Crippen molar-refractivity contribution in [3.63, 3.8) is 0 Å². The van der Waals surface area contributed by atoms with Crippen LogP contribution in [0.2, 0.25) is 5.15 Å². The molecule has 0 bridgehead atoms. The van der Waals surface area contributed by atoms with Gasteiger partial charge in [0.25, 0.3) is 0 Å². The minimum atomic E-state index is -4.22. The number of nitrogens with zero attached hydrogens (tertiary/aromatic N) is 4. The van der Waals surface area contributed by atoms with Crippen LogP contribution in [0.3, 0.4) is 0 Å². The van der Waals surface area contributed by atoms with Crippen LogP contribution in [0.25, 0.3) is 11.2 Å². The van der Waals surface area contributed by atoms with Gasteiger partial charge in [0.05, 0.1) is 18.5 Å². The molecule has 2 aromatic heterocycles. The number of ether oxygens (including phenoxy) is 1. The molecule has 2 aromatic rings. The van der Waals surface area contributed by atoms with Crippen molar-refractivity contribution in [3.05, 3.63) is 11.5 Å². The highest BCUT2D eigenvalue weighted by Gasteiger charge is 2.53. The van der Waals surface area contributed by atoms with Gasteiger partial charge in [0, 0.05) is 0 Å². The molecule has 1 fully saturated rings. The predicted molar refractivity (Wildman–Crippen MR) is 79.3 cm³/mol. The summed E-state index contributed by atoms with van der Waals surface area (Å²) in [5.74, 6) is 0.208. The van der Waals surface area contributed by atoms with Crippen LogP contribution >= 0.6 is 19.2 Å². The molecular formula is C11H15ClN5O4P. The predicted octanol–water partition coefficient (Wildman–Crippen LogP) is 0.992. The first-order valence-electron chi connectivity index (χ1n) is 6.52. The van der Waals surface area contributed by atoms with Crippen LogP contribution < -0.4 is 5.73 Å². The Morgan fingerprint density at radius 2 is 2.27 bits per heavy atom. The van der Waals surface area contributed by atoms with Crippen molar-refractivity contribution in [3.8, 4) is 0 Å². The molecule has 9 nitrogen and oxygen atoms in total. The van der Waals surface area contributed by atoms with Crippen molar-refractivity contribution in [1.82, 2.24) is 19.5 Å². The number of aromatic nitrogens is 4. The van der Waals surface area contributed by atoms with Gasteiger partial charge in [-0.25, -0.2) is 4.98 Å². The molecule has 0 amide bonds. The average molecular weight is 348 g/mol. The van der Waals surface area contributed by atoms with E-state index in [0.29, 0.717) is 24.1 Å². The number of fused-ring (bicyclic) bond motifs is 1. The molecule has 0 aromatic carbocycles. The lowest BCUT2D eigenvalue weighted by molar-refractivity contribution is 0.0306. The third-order valence-corrected chi connectivity index (χ3v) is 4.52. The summed E-state index contributed by atoms with van der Waals surface area (Å²) < 4.78 is 18.2. The van der Waals surface area contributed by atoms with Crippen LogP contribution in [0.1, 0.15) is 13.3 Å². The molecule has 11 heteroatoms. The molecule has 1 aliphatic rings. The van der Waals surface area contributed by atoms with Crippen LogP contribution in [-0.2, 0) is 15.8 Å². The minimum absolute atomic E-state index is 0.0354. The Kier molecular flexibility index (Phi) is 3.65. The Morgan fingerprint density at radius 1 is 1.59 bits per heavy atom. The fourth-order valence-electron chi connectivity index (χ4n) is 2.47. The molecule has 120 valence electrons. The zero-order chi connectivity index (χ0) is 16.1. The van der Waals surface area contributed by atoms with Crippen molar-refractivity contribution in [1.29, 1.82) is 0 Å². The van der Waals surface area contributed by atoms with E-state index in [4.69, 9.17) is 31.9 Å². The fourth-order valence-corrected chi connectivity index (χ4v) is 3.11. The van der Waals surface area contributed by atoms with Crippen molar-refractivity contribution in [2.45, 2.75) is 25.5 Å². The van der Waals surface area contributed by atoms with E-state index in [0.717, 1.165) is 0 Å². The van der Waals surface area contributed by atoms with E-state index in [1.165, 1.54) is 6.33 Å². The highest BCUT2D eigenvalue weighted by Crippen LogP contribution is 2.50. The maximum atomic E-state index is 11.0. The smallest absolute Gasteiger partial charge is 0.351 e. The van der Waals surface area contributed by atoms with E-state index < -0.39 is 19.5 Å². The van der Waals surface area contributed by atoms with Crippen molar-refractivity contribution in [2.75, 3.05) is 12.1 Å². The highest BCUT2D eigenvalue weighted by atomic mass is 35.5. The van der Waals surface area contributed by atoms with Crippen LogP contribution in [0.15, 0.2) is 6.33 Å². The van der Waals surface area contributed by atoms with Gasteiger partial charge in [-0.15, -0.1) is 0 Å². The summed E-state index contributed by atoms with van der Waals surface area (Å²) in [6, 6.07) is 0. The summed E-state index contributed by atoms with van der Waals surface area (Å²) >= 11 is 5.97. The van der Waals surface area contributed by atoms with Crippen molar-refractivity contribution >= 4 is 36.3 Å². The number of rotatable bonds is 5. The Balaban J connectivity index is 1.87. The molecule has 0 saturated heterocycles. The second-order valence-corrected chi connectivity index (χ2v) is 7.47. The Bertz CT molecular complexity index is 777. The number of hydrogen-bond acceptors (Lipinski definition) is 6. The number of hydrogen-bond donors (Lipinski definition) is 3. The lowest BCUT2D eigenvalue weighted by Gasteiger charge is -2.19. The van der Waals surface area contributed by atoms with Crippen LogP contribution in [0, 0.1) is 5.92 Å². The van der Waals surface area contributed by atoms with Crippen LogP contribution in [0.5, 0.6) is 0 Å². The largest absolute Gasteiger partial charge is 0.368 e. The number of nitrogen functional groups attached to an aromatic ring is 1. The molecule has 1 saturated carbocycles. The molecule has 0 unspecified atom stereocenters. The SMILES string of the molecule is C[C@@H]1C[C@@]1(Cn1cnc2c(Cl)nc(N)nc21)OCP(=O)(O)O. The molecule has 0 radical (unpaired) electrons. The van der Waals surface area contributed by atoms with E-state index in [1.54, 1.807) is 4.57 Å². The summed E-state index contributed by atoms with van der Waals surface area (Å²) in [6.07, 6.45) is 1.63. The standard InChI is InChI=1S/C11H15ClN5O4P/c1-6-2-11(6,21-5-22(18,19)20)3-17-4-14-7-8(12)15-10(13)16-9(7)17/h4,6H,2-3,5H2,1H3,(H2,13,15,16)(H2,18,19,20)/t6-,11+/m1/s1. The van der Waals surface area contributed by atoms with Gasteiger partial charge in [0.15, 0.2) is 10.8 Å². The number of imidazole rings is 1. The Morgan fingerprint density at radius 3 is 2.86 bits per heavy atom. The minimum Gasteiger partial charge on any atom is -0.368 e. The lowest BCUT2D eigenvalue weighted by atomic mass is 10.2. The molecule has 3 rings (SSSR count). The van der Waals surface area contributed by atoms with Gasteiger partial charge >= 0.3 is 7.60 Å². The lowest BCUT2D eigenvalue weighted by Crippen LogP contribution is -2.24. The van der Waals surface area contributed by atoms with Crippen LogP contribution in [-0.4, -0.2) is 41.3 Å². The first kappa shape index (κ1) is 15.6. The maximum absolute atomic E-state index is 11.0. The summed E-state index contributed by atoms with van der Waals surface area (Å²) in [7, 11) is -4.22. The van der Waals surface area contributed by atoms with E-state index in [9.17, 15) is 4.57 Å². The highest BCUT2D eigenvalue weighted by molar-refractivity contribution is 7.51. The van der Waals surface area contributed by atoms with Gasteiger partial charge in [-0.2, -0.15) is 9.97 Å². The van der Waals surface area contributed by atoms with Gasteiger partial charge in [-0.3, -0.25) is 4.57 Å². The third-order valence-electron chi connectivity index (χ3n) is 3.79. The first-order chi connectivity index (χ1) is 10.2. The molecular weight excluding hydrogens is 333 g/mol. The second-order valence-electron chi connectivity index (χ2n) is 5.53. The number of anilines is 1. The molecule has 2 heterocycles. The zero-order valence-corrected chi connectivity index (χ0v) is 13.3. The Labute approximate surface area is 130 Å². The monoisotopic (exact) mass is 347 g/mol. The molecule has 4 N–H and O–H groups in total.